The topological polar surface area (TPSA) is 49.9 Å². The summed E-state index contributed by atoms with van der Waals surface area (Å²) in [5.74, 6) is 0.738. The third kappa shape index (κ3) is 2.85. The third-order valence-electron chi connectivity index (χ3n) is 4.56. The summed E-state index contributed by atoms with van der Waals surface area (Å²) < 4.78 is 33.2. The Kier molecular flexibility index (Phi) is 4.38. The molecule has 3 fully saturated rings. The summed E-state index contributed by atoms with van der Waals surface area (Å²) >= 11 is 6.01. The molecule has 3 heterocycles. The van der Waals surface area contributed by atoms with Crippen LogP contribution in [0.15, 0.2) is 23.1 Å². The average molecular weight is 345 g/mol. The summed E-state index contributed by atoms with van der Waals surface area (Å²) in [6.45, 7) is 2.31. The highest BCUT2D eigenvalue weighted by molar-refractivity contribution is 7.89. The number of methoxy groups -OCH3 is 1. The maximum absolute atomic E-state index is 13.1. The number of rotatable bonds is 3. The van der Waals surface area contributed by atoms with Crippen molar-refractivity contribution in [1.29, 1.82) is 0 Å². The van der Waals surface area contributed by atoms with Crippen LogP contribution >= 0.6 is 11.6 Å². The van der Waals surface area contributed by atoms with Gasteiger partial charge in [-0.2, -0.15) is 4.31 Å². The van der Waals surface area contributed by atoms with E-state index >= 15 is 0 Å². The first-order valence-corrected chi connectivity index (χ1v) is 9.27. The number of likely N-dealkylation sites (N-methyl/N-ethyl adjacent to an activating group) is 1. The molecule has 4 rings (SSSR count). The Hall–Kier alpha value is -0.820. The van der Waals surface area contributed by atoms with E-state index in [0.717, 1.165) is 25.9 Å². The van der Waals surface area contributed by atoms with Gasteiger partial charge in [-0.15, -0.1) is 0 Å². The van der Waals surface area contributed by atoms with Crippen LogP contribution in [0.1, 0.15) is 12.8 Å². The molecule has 3 aliphatic rings. The number of halogens is 1. The second kappa shape index (κ2) is 6.00. The Morgan fingerprint density at radius 2 is 2.00 bits per heavy atom. The van der Waals surface area contributed by atoms with Gasteiger partial charge in [-0.25, -0.2) is 8.42 Å². The van der Waals surface area contributed by atoms with E-state index in [1.54, 1.807) is 16.4 Å². The summed E-state index contributed by atoms with van der Waals surface area (Å²) in [7, 11) is -0.0739. The SMILES string of the molecule is COc1ccc(Cl)cc1S(=O)(=O)N1C[C@H]2CC[C@@H]1CN(C)C2. The molecule has 7 heteroatoms. The number of nitrogens with zero attached hydrogens (tertiary/aromatic N) is 2. The van der Waals surface area contributed by atoms with Crippen molar-refractivity contribution in [3.63, 3.8) is 0 Å². The molecule has 0 aliphatic carbocycles. The van der Waals surface area contributed by atoms with Crippen LogP contribution in [0.3, 0.4) is 0 Å². The summed E-state index contributed by atoms with van der Waals surface area (Å²) in [6, 6.07) is 4.76. The molecule has 1 aromatic carbocycles. The van der Waals surface area contributed by atoms with Crippen LogP contribution in [0.5, 0.6) is 5.75 Å². The molecule has 0 saturated carbocycles. The third-order valence-corrected chi connectivity index (χ3v) is 6.73. The number of sulfonamides is 1. The average Bonchev–Trinajstić information content (AvgIpc) is 2.76. The molecular formula is C15H21ClN2O3S. The number of piperidine rings is 1. The largest absolute Gasteiger partial charge is 0.495 e. The van der Waals surface area contributed by atoms with E-state index in [1.807, 2.05) is 0 Å². The molecule has 2 bridgehead atoms. The van der Waals surface area contributed by atoms with E-state index in [2.05, 4.69) is 11.9 Å². The predicted octanol–water partition coefficient (Wildman–Crippen LogP) is 2.06. The van der Waals surface area contributed by atoms with Gasteiger partial charge in [-0.3, -0.25) is 0 Å². The zero-order valence-electron chi connectivity index (χ0n) is 12.8. The van der Waals surface area contributed by atoms with Crippen molar-refractivity contribution in [2.45, 2.75) is 23.8 Å². The number of hydrogen-bond donors (Lipinski definition) is 0. The first-order valence-electron chi connectivity index (χ1n) is 7.45. The molecule has 2 atom stereocenters. The summed E-state index contributed by atoms with van der Waals surface area (Å²) in [5, 5.41) is 0.400. The first kappa shape index (κ1) is 16.1. The Morgan fingerprint density at radius 3 is 2.73 bits per heavy atom. The van der Waals surface area contributed by atoms with Gasteiger partial charge < -0.3 is 9.64 Å². The van der Waals surface area contributed by atoms with Crippen molar-refractivity contribution in [3.8, 4) is 5.75 Å². The molecule has 0 radical (unpaired) electrons. The Morgan fingerprint density at radius 1 is 1.23 bits per heavy atom. The lowest BCUT2D eigenvalue weighted by Crippen LogP contribution is -2.47. The van der Waals surface area contributed by atoms with Crippen LogP contribution in [-0.4, -0.2) is 57.5 Å². The van der Waals surface area contributed by atoms with Gasteiger partial charge in [-0.05, 0) is 44.0 Å². The Labute approximate surface area is 136 Å². The standard InChI is InChI=1S/C15H21ClN2O3S/c1-17-8-11-3-5-13(10-17)18(9-11)22(19,20)15-7-12(16)4-6-14(15)21-2/h4,6-7,11,13H,3,5,8-10H2,1-2H3/t11-,13+/m0/s1. The van der Waals surface area contributed by atoms with Crippen LogP contribution in [0.2, 0.25) is 5.02 Å². The minimum atomic E-state index is -3.61. The predicted molar refractivity (Wildman–Crippen MR) is 85.9 cm³/mol. The van der Waals surface area contributed by atoms with Crippen molar-refractivity contribution in [2.24, 2.45) is 5.92 Å². The van der Waals surface area contributed by atoms with Crippen molar-refractivity contribution >= 4 is 21.6 Å². The zero-order chi connectivity index (χ0) is 15.9. The van der Waals surface area contributed by atoms with E-state index in [4.69, 9.17) is 16.3 Å². The van der Waals surface area contributed by atoms with Gasteiger partial charge in [0.1, 0.15) is 10.6 Å². The van der Waals surface area contributed by atoms with Gasteiger partial charge >= 0.3 is 0 Å². The highest BCUT2D eigenvalue weighted by Gasteiger charge is 2.41. The van der Waals surface area contributed by atoms with Crippen molar-refractivity contribution in [2.75, 3.05) is 33.8 Å². The second-order valence-electron chi connectivity index (χ2n) is 6.19. The molecule has 3 aliphatic heterocycles. The lowest BCUT2D eigenvalue weighted by atomic mass is 9.97. The number of ether oxygens (including phenoxy) is 1. The number of benzene rings is 1. The summed E-state index contributed by atoms with van der Waals surface area (Å²) in [6.07, 6.45) is 2.00. The summed E-state index contributed by atoms with van der Waals surface area (Å²) in [4.78, 5) is 2.39. The van der Waals surface area contributed by atoms with Gasteiger partial charge in [0.15, 0.2) is 0 Å². The molecule has 0 unspecified atom stereocenters. The molecule has 0 spiro atoms. The molecule has 0 N–H and O–H groups in total. The normalized spacial score (nSPS) is 26.9. The van der Waals surface area contributed by atoms with Gasteiger partial charge in [0.2, 0.25) is 10.0 Å². The Bertz CT molecular complexity index is 665. The maximum atomic E-state index is 13.1. The van der Waals surface area contributed by atoms with Gasteiger partial charge in [0.25, 0.3) is 0 Å². The second-order valence-corrected chi connectivity index (χ2v) is 8.48. The zero-order valence-corrected chi connectivity index (χ0v) is 14.4. The maximum Gasteiger partial charge on any atom is 0.247 e. The highest BCUT2D eigenvalue weighted by Crippen LogP contribution is 2.35. The molecule has 5 nitrogen and oxygen atoms in total. The minimum absolute atomic E-state index is 0.0254. The fourth-order valence-corrected chi connectivity index (χ4v) is 5.69. The lowest BCUT2D eigenvalue weighted by molar-refractivity contribution is 0.228. The molecule has 0 amide bonds. The van der Waals surface area contributed by atoms with E-state index in [0.29, 0.717) is 23.2 Å². The number of fused-ring (bicyclic) bond motifs is 4. The van der Waals surface area contributed by atoms with Crippen molar-refractivity contribution < 1.29 is 13.2 Å². The van der Waals surface area contributed by atoms with E-state index in [-0.39, 0.29) is 10.9 Å². The van der Waals surface area contributed by atoms with Crippen LogP contribution < -0.4 is 4.74 Å². The smallest absolute Gasteiger partial charge is 0.247 e. The van der Waals surface area contributed by atoms with E-state index < -0.39 is 10.0 Å². The summed E-state index contributed by atoms with van der Waals surface area (Å²) in [5.41, 5.74) is 0. The molecule has 0 aromatic heterocycles. The van der Waals surface area contributed by atoms with Crippen molar-refractivity contribution in [1.82, 2.24) is 9.21 Å². The molecule has 3 saturated heterocycles. The van der Waals surface area contributed by atoms with Crippen LogP contribution in [0.4, 0.5) is 0 Å². The molecule has 22 heavy (non-hydrogen) atoms. The molecule has 1 aromatic rings. The van der Waals surface area contributed by atoms with E-state index in [1.165, 1.54) is 13.2 Å². The quantitative estimate of drug-likeness (QED) is 0.842. The molecular weight excluding hydrogens is 324 g/mol. The number of hydrogen-bond acceptors (Lipinski definition) is 4. The lowest BCUT2D eigenvalue weighted by Gasteiger charge is -2.35. The monoisotopic (exact) mass is 344 g/mol. The van der Waals surface area contributed by atoms with E-state index in [9.17, 15) is 8.42 Å². The van der Waals surface area contributed by atoms with Crippen LogP contribution in [0, 0.1) is 5.92 Å². The first-order chi connectivity index (χ1) is 10.4. The fourth-order valence-electron chi connectivity index (χ4n) is 3.55. The van der Waals surface area contributed by atoms with Gasteiger partial charge in [-0.1, -0.05) is 11.6 Å². The minimum Gasteiger partial charge on any atom is -0.495 e. The molecule has 122 valence electrons. The van der Waals surface area contributed by atoms with Crippen LogP contribution in [-0.2, 0) is 10.0 Å². The highest BCUT2D eigenvalue weighted by atomic mass is 35.5. The van der Waals surface area contributed by atoms with Crippen molar-refractivity contribution in [3.05, 3.63) is 23.2 Å². The van der Waals surface area contributed by atoms with Gasteiger partial charge in [0, 0.05) is 30.7 Å². The van der Waals surface area contributed by atoms with Crippen LogP contribution in [0.25, 0.3) is 0 Å². The Balaban J connectivity index is 2.01. The van der Waals surface area contributed by atoms with Gasteiger partial charge in [0.05, 0.1) is 7.11 Å². The fraction of sp³-hybridized carbons (Fsp3) is 0.600.